The van der Waals surface area contributed by atoms with Gasteiger partial charge in [-0.1, -0.05) is 0 Å². The molecule has 0 aromatic carbocycles. The topological polar surface area (TPSA) is 72.9 Å². The number of rotatable bonds is 3. The van der Waals surface area contributed by atoms with Crippen molar-refractivity contribution in [2.45, 2.75) is 38.3 Å². The van der Waals surface area contributed by atoms with Crippen LogP contribution in [0.1, 0.15) is 37.1 Å². The molecule has 1 aliphatic carbocycles. The number of nitrogens with zero attached hydrogens (tertiary/aromatic N) is 2. The largest absolute Gasteiger partial charge is 0.348 e. The van der Waals surface area contributed by atoms with Crippen LogP contribution in [0, 0.1) is 6.92 Å². The molecule has 3 N–H and O–H groups in total. The second kappa shape index (κ2) is 4.66. The van der Waals surface area contributed by atoms with Gasteiger partial charge in [-0.2, -0.15) is 5.10 Å². The van der Waals surface area contributed by atoms with Crippen LogP contribution in [0.4, 0.5) is 0 Å². The standard InChI is InChI=1S/C11H18N4O.ClH/c1-7(9-6-13-15(3)8(9)2)14-10(16)11(12)4-5-11;/h6-7H,4-5,12H2,1-3H3,(H,14,16);1H. The molecule has 0 spiro atoms. The Balaban J connectivity index is 0.00000144. The quantitative estimate of drug-likeness (QED) is 0.843. The summed E-state index contributed by atoms with van der Waals surface area (Å²) in [6.07, 6.45) is 3.37. The summed E-state index contributed by atoms with van der Waals surface area (Å²) in [5.41, 5.74) is 7.33. The molecule has 2 rings (SSSR count). The Morgan fingerprint density at radius 1 is 1.65 bits per heavy atom. The summed E-state index contributed by atoms with van der Waals surface area (Å²) < 4.78 is 1.80. The van der Waals surface area contributed by atoms with E-state index in [2.05, 4.69) is 10.4 Å². The van der Waals surface area contributed by atoms with Gasteiger partial charge in [0.1, 0.15) is 0 Å². The number of hydrogen-bond acceptors (Lipinski definition) is 3. The van der Waals surface area contributed by atoms with Crippen LogP contribution >= 0.6 is 12.4 Å². The molecule has 1 aromatic heterocycles. The SMILES string of the molecule is Cc1c(C(C)NC(=O)C2(N)CC2)cnn1C.Cl. The monoisotopic (exact) mass is 258 g/mol. The van der Waals surface area contributed by atoms with Crippen molar-refractivity contribution in [3.63, 3.8) is 0 Å². The van der Waals surface area contributed by atoms with Crippen molar-refractivity contribution in [2.75, 3.05) is 0 Å². The van der Waals surface area contributed by atoms with Gasteiger partial charge in [0.15, 0.2) is 0 Å². The molecule has 0 radical (unpaired) electrons. The minimum atomic E-state index is -0.607. The number of carbonyl (C=O) groups is 1. The molecule has 1 saturated carbocycles. The van der Waals surface area contributed by atoms with Gasteiger partial charge in [0.2, 0.25) is 5.91 Å². The van der Waals surface area contributed by atoms with Gasteiger partial charge in [0.25, 0.3) is 0 Å². The molecule has 1 aromatic rings. The third-order valence-electron chi connectivity index (χ3n) is 3.33. The molecule has 1 amide bonds. The van der Waals surface area contributed by atoms with Crippen LogP contribution in [-0.4, -0.2) is 21.2 Å². The van der Waals surface area contributed by atoms with Crippen LogP contribution in [-0.2, 0) is 11.8 Å². The fourth-order valence-corrected chi connectivity index (χ4v) is 1.72. The molecule has 96 valence electrons. The highest BCUT2D eigenvalue weighted by molar-refractivity contribution is 5.89. The lowest BCUT2D eigenvalue weighted by Gasteiger charge is -2.16. The highest BCUT2D eigenvalue weighted by Gasteiger charge is 2.46. The van der Waals surface area contributed by atoms with Gasteiger partial charge < -0.3 is 11.1 Å². The second-order valence-corrected chi connectivity index (χ2v) is 4.66. The zero-order chi connectivity index (χ0) is 11.9. The Kier molecular flexibility index (Phi) is 3.84. The highest BCUT2D eigenvalue weighted by atomic mass is 35.5. The summed E-state index contributed by atoms with van der Waals surface area (Å²) in [5, 5.41) is 7.09. The average molecular weight is 259 g/mol. The summed E-state index contributed by atoms with van der Waals surface area (Å²) in [6.45, 7) is 3.94. The first kappa shape index (κ1) is 14.0. The van der Waals surface area contributed by atoms with Crippen LogP contribution in [0.25, 0.3) is 0 Å². The summed E-state index contributed by atoms with van der Waals surface area (Å²) in [5.74, 6) is -0.0525. The van der Waals surface area contributed by atoms with Crippen LogP contribution in [0.3, 0.4) is 0 Å². The van der Waals surface area contributed by atoms with Crippen molar-refractivity contribution < 1.29 is 4.79 Å². The van der Waals surface area contributed by atoms with E-state index < -0.39 is 5.54 Å². The number of hydrogen-bond donors (Lipinski definition) is 2. The lowest BCUT2D eigenvalue weighted by Crippen LogP contribution is -2.43. The predicted octanol–water partition coefficient (Wildman–Crippen LogP) is 0.819. The molecule has 1 atom stereocenters. The molecule has 1 heterocycles. The average Bonchev–Trinajstić information content (AvgIpc) is 2.89. The first-order valence-electron chi connectivity index (χ1n) is 5.52. The predicted molar refractivity (Wildman–Crippen MR) is 67.9 cm³/mol. The molecule has 1 unspecified atom stereocenters. The lowest BCUT2D eigenvalue weighted by molar-refractivity contribution is -0.123. The van der Waals surface area contributed by atoms with Gasteiger partial charge in [-0.25, -0.2) is 0 Å². The minimum Gasteiger partial charge on any atom is -0.348 e. The maximum atomic E-state index is 11.8. The number of nitrogens with two attached hydrogens (primary N) is 1. The van der Waals surface area contributed by atoms with Gasteiger partial charge in [0.05, 0.1) is 17.8 Å². The van der Waals surface area contributed by atoms with Crippen LogP contribution in [0.15, 0.2) is 6.20 Å². The molecule has 1 fully saturated rings. The molecule has 0 bridgehead atoms. The van der Waals surface area contributed by atoms with Crippen LogP contribution < -0.4 is 11.1 Å². The lowest BCUT2D eigenvalue weighted by atomic mass is 10.1. The zero-order valence-electron chi connectivity index (χ0n) is 10.4. The van der Waals surface area contributed by atoms with Gasteiger partial charge in [-0.15, -0.1) is 12.4 Å². The first-order valence-corrected chi connectivity index (χ1v) is 5.52. The summed E-state index contributed by atoms with van der Waals surface area (Å²) >= 11 is 0. The molecule has 0 saturated heterocycles. The minimum absolute atomic E-state index is 0. The van der Waals surface area contributed by atoms with Gasteiger partial charge in [0, 0.05) is 18.3 Å². The van der Waals surface area contributed by atoms with E-state index in [-0.39, 0.29) is 24.4 Å². The van der Waals surface area contributed by atoms with E-state index in [9.17, 15) is 4.79 Å². The van der Waals surface area contributed by atoms with Crippen LogP contribution in [0.5, 0.6) is 0 Å². The molecule has 1 aliphatic rings. The van der Waals surface area contributed by atoms with E-state index in [0.29, 0.717) is 0 Å². The van der Waals surface area contributed by atoms with Crippen molar-refractivity contribution in [1.82, 2.24) is 15.1 Å². The fourth-order valence-electron chi connectivity index (χ4n) is 1.72. The molecule has 17 heavy (non-hydrogen) atoms. The molecule has 5 nitrogen and oxygen atoms in total. The van der Waals surface area contributed by atoms with Gasteiger partial charge in [-0.05, 0) is 26.7 Å². The van der Waals surface area contributed by atoms with Crippen molar-refractivity contribution in [3.05, 3.63) is 17.5 Å². The Morgan fingerprint density at radius 3 is 2.65 bits per heavy atom. The van der Waals surface area contributed by atoms with Crippen molar-refractivity contribution in [1.29, 1.82) is 0 Å². The van der Waals surface area contributed by atoms with Crippen molar-refractivity contribution in [3.8, 4) is 0 Å². The maximum Gasteiger partial charge on any atom is 0.240 e. The van der Waals surface area contributed by atoms with Crippen LogP contribution in [0.2, 0.25) is 0 Å². The fraction of sp³-hybridized carbons (Fsp3) is 0.636. The summed E-state index contributed by atoms with van der Waals surface area (Å²) in [4.78, 5) is 11.8. The first-order chi connectivity index (χ1) is 7.44. The normalized spacial score (nSPS) is 18.1. The molecular formula is C11H19ClN4O. The second-order valence-electron chi connectivity index (χ2n) is 4.66. The maximum absolute atomic E-state index is 11.8. The Bertz CT molecular complexity index is 425. The highest BCUT2D eigenvalue weighted by Crippen LogP contribution is 2.33. The number of halogens is 1. The van der Waals surface area contributed by atoms with E-state index >= 15 is 0 Å². The zero-order valence-corrected chi connectivity index (χ0v) is 11.2. The molecule has 0 aliphatic heterocycles. The van der Waals surface area contributed by atoms with E-state index in [4.69, 9.17) is 5.73 Å². The van der Waals surface area contributed by atoms with Crippen molar-refractivity contribution in [2.24, 2.45) is 12.8 Å². The number of aryl methyl sites for hydroxylation is 1. The van der Waals surface area contributed by atoms with Crippen molar-refractivity contribution >= 4 is 18.3 Å². The molecule has 6 heteroatoms. The van der Waals surface area contributed by atoms with E-state index in [1.807, 2.05) is 20.9 Å². The summed E-state index contributed by atoms with van der Waals surface area (Å²) in [6, 6.07) is -0.0396. The Hall–Kier alpha value is -1.07. The smallest absolute Gasteiger partial charge is 0.240 e. The van der Waals surface area contributed by atoms with E-state index in [1.54, 1.807) is 10.9 Å². The Labute approximate surface area is 107 Å². The van der Waals surface area contributed by atoms with E-state index in [0.717, 1.165) is 24.1 Å². The number of amides is 1. The third-order valence-corrected chi connectivity index (χ3v) is 3.33. The molecular weight excluding hydrogens is 240 g/mol. The third kappa shape index (κ3) is 2.61. The van der Waals surface area contributed by atoms with Gasteiger partial charge >= 0.3 is 0 Å². The number of nitrogens with one attached hydrogen (secondary N) is 1. The van der Waals surface area contributed by atoms with E-state index in [1.165, 1.54) is 0 Å². The summed E-state index contributed by atoms with van der Waals surface area (Å²) in [7, 11) is 1.89. The van der Waals surface area contributed by atoms with Gasteiger partial charge in [-0.3, -0.25) is 9.48 Å². The number of aromatic nitrogens is 2. The Morgan fingerprint density at radius 2 is 2.24 bits per heavy atom. The number of carbonyl (C=O) groups excluding carboxylic acids is 1.